The van der Waals surface area contributed by atoms with Gasteiger partial charge in [-0.05, 0) is 42.5 Å². The second-order valence-electron chi connectivity index (χ2n) is 6.11. The number of esters is 1. The quantitative estimate of drug-likeness (QED) is 0.676. The van der Waals surface area contributed by atoms with Crippen molar-refractivity contribution in [1.82, 2.24) is 4.98 Å². The number of methoxy groups -OCH3 is 1. The van der Waals surface area contributed by atoms with E-state index >= 15 is 0 Å². The number of fused-ring (bicyclic) bond motifs is 1. The van der Waals surface area contributed by atoms with Gasteiger partial charge in [0.1, 0.15) is 11.3 Å². The summed E-state index contributed by atoms with van der Waals surface area (Å²) in [5, 5.41) is 0. The van der Waals surface area contributed by atoms with Gasteiger partial charge in [-0.25, -0.2) is 9.37 Å². The topological polar surface area (TPSA) is 72.6 Å². The first-order chi connectivity index (χ1) is 12.5. The molecule has 6 nitrogen and oxygen atoms in total. The summed E-state index contributed by atoms with van der Waals surface area (Å²) >= 11 is 0. The molecule has 1 atom stereocenters. The highest BCUT2D eigenvalue weighted by molar-refractivity contribution is 6.00. The molecule has 3 aromatic rings. The lowest BCUT2D eigenvalue weighted by Crippen LogP contribution is -2.26. The third-order valence-corrected chi connectivity index (χ3v) is 4.43. The standard InChI is InChI=1S/C19H15FN2O4/c1-25-19(24)12-8-17(23)22(10-12)14-6-7-16-15(9-14)21-18(26-16)11-2-4-13(20)5-3-11/h2-7,9,12H,8,10H2,1H3/t12-/m1/s1. The number of rotatable bonds is 3. The maximum absolute atomic E-state index is 13.1. The molecule has 1 amide bonds. The van der Waals surface area contributed by atoms with Crippen LogP contribution in [0.3, 0.4) is 0 Å². The van der Waals surface area contributed by atoms with Crippen molar-refractivity contribution < 1.29 is 23.1 Å². The first-order valence-electron chi connectivity index (χ1n) is 8.10. The Balaban J connectivity index is 1.65. The van der Waals surface area contributed by atoms with Gasteiger partial charge in [0.15, 0.2) is 5.58 Å². The predicted molar refractivity (Wildman–Crippen MR) is 91.9 cm³/mol. The molecule has 2 aromatic carbocycles. The summed E-state index contributed by atoms with van der Waals surface area (Å²) < 4.78 is 23.5. The molecule has 1 saturated heterocycles. The van der Waals surface area contributed by atoms with Crippen LogP contribution in [0.1, 0.15) is 6.42 Å². The van der Waals surface area contributed by atoms with Gasteiger partial charge in [-0.3, -0.25) is 9.59 Å². The van der Waals surface area contributed by atoms with E-state index in [1.54, 1.807) is 35.2 Å². The average molecular weight is 354 g/mol. The number of ether oxygens (including phenoxy) is 1. The Labute approximate surface area is 148 Å². The molecule has 0 aliphatic carbocycles. The van der Waals surface area contributed by atoms with E-state index in [-0.39, 0.29) is 30.7 Å². The second-order valence-corrected chi connectivity index (χ2v) is 6.11. The lowest BCUT2D eigenvalue weighted by atomic mass is 10.1. The number of carbonyl (C=O) groups excluding carboxylic acids is 2. The summed E-state index contributed by atoms with van der Waals surface area (Å²) in [6.45, 7) is 0.277. The lowest BCUT2D eigenvalue weighted by Gasteiger charge is -2.16. The van der Waals surface area contributed by atoms with Crippen molar-refractivity contribution in [3.05, 3.63) is 48.3 Å². The molecule has 0 radical (unpaired) electrons. The maximum Gasteiger partial charge on any atom is 0.311 e. The number of halogens is 1. The number of amides is 1. The smallest absolute Gasteiger partial charge is 0.311 e. The van der Waals surface area contributed by atoms with Crippen molar-refractivity contribution in [3.63, 3.8) is 0 Å². The SMILES string of the molecule is COC(=O)[C@@H]1CC(=O)N(c2ccc3oc(-c4ccc(F)cc4)nc3c2)C1. The van der Waals surface area contributed by atoms with Gasteiger partial charge in [-0.15, -0.1) is 0 Å². The number of hydrogen-bond acceptors (Lipinski definition) is 5. The molecule has 0 N–H and O–H groups in total. The number of hydrogen-bond donors (Lipinski definition) is 0. The van der Waals surface area contributed by atoms with Crippen LogP contribution in [0, 0.1) is 11.7 Å². The van der Waals surface area contributed by atoms with Crippen LogP contribution in [-0.2, 0) is 14.3 Å². The van der Waals surface area contributed by atoms with Crippen LogP contribution in [0.25, 0.3) is 22.6 Å². The molecule has 1 aromatic heterocycles. The lowest BCUT2D eigenvalue weighted by molar-refractivity contribution is -0.145. The van der Waals surface area contributed by atoms with E-state index in [4.69, 9.17) is 9.15 Å². The number of carbonyl (C=O) groups is 2. The van der Waals surface area contributed by atoms with Gasteiger partial charge in [0.25, 0.3) is 0 Å². The molecule has 26 heavy (non-hydrogen) atoms. The highest BCUT2D eigenvalue weighted by atomic mass is 19.1. The number of anilines is 1. The largest absolute Gasteiger partial charge is 0.469 e. The zero-order valence-corrected chi connectivity index (χ0v) is 13.9. The Morgan fingerprint density at radius 1 is 1.27 bits per heavy atom. The highest BCUT2D eigenvalue weighted by Crippen LogP contribution is 2.30. The van der Waals surface area contributed by atoms with E-state index in [0.29, 0.717) is 28.2 Å². The van der Waals surface area contributed by atoms with Crippen molar-refractivity contribution >= 4 is 28.7 Å². The number of benzene rings is 2. The van der Waals surface area contributed by atoms with Crippen LogP contribution in [0.2, 0.25) is 0 Å². The Kier molecular flexibility index (Phi) is 3.91. The second kappa shape index (κ2) is 6.25. The summed E-state index contributed by atoms with van der Waals surface area (Å²) in [7, 11) is 1.31. The number of nitrogens with zero attached hydrogens (tertiary/aromatic N) is 2. The Morgan fingerprint density at radius 3 is 2.77 bits per heavy atom. The monoisotopic (exact) mass is 354 g/mol. The van der Waals surface area contributed by atoms with Gasteiger partial charge in [-0.2, -0.15) is 0 Å². The number of aromatic nitrogens is 1. The third kappa shape index (κ3) is 2.81. The average Bonchev–Trinajstić information content (AvgIpc) is 3.24. The first kappa shape index (κ1) is 16.3. The summed E-state index contributed by atoms with van der Waals surface area (Å²) in [6, 6.07) is 11.1. The molecule has 4 rings (SSSR count). The Hall–Kier alpha value is -3.22. The van der Waals surface area contributed by atoms with Crippen molar-refractivity contribution in [2.75, 3.05) is 18.6 Å². The minimum Gasteiger partial charge on any atom is -0.469 e. The molecule has 0 saturated carbocycles. The van der Waals surface area contributed by atoms with E-state index in [0.717, 1.165) is 0 Å². The van der Waals surface area contributed by atoms with Gasteiger partial charge in [0.05, 0.1) is 13.0 Å². The predicted octanol–water partition coefficient (Wildman–Crippen LogP) is 3.16. The van der Waals surface area contributed by atoms with Crippen LogP contribution in [0.5, 0.6) is 0 Å². The van der Waals surface area contributed by atoms with Gasteiger partial charge in [0.2, 0.25) is 11.8 Å². The molecule has 1 aliphatic rings. The molecule has 0 unspecified atom stereocenters. The van der Waals surface area contributed by atoms with Gasteiger partial charge >= 0.3 is 5.97 Å². The Morgan fingerprint density at radius 2 is 2.04 bits per heavy atom. The van der Waals surface area contributed by atoms with Crippen LogP contribution in [-0.4, -0.2) is 30.5 Å². The van der Waals surface area contributed by atoms with E-state index in [1.165, 1.54) is 19.2 Å². The highest BCUT2D eigenvalue weighted by Gasteiger charge is 2.36. The molecule has 1 aliphatic heterocycles. The van der Waals surface area contributed by atoms with Crippen molar-refractivity contribution in [1.29, 1.82) is 0 Å². The van der Waals surface area contributed by atoms with E-state index in [9.17, 15) is 14.0 Å². The molecular formula is C19H15FN2O4. The minimum absolute atomic E-state index is 0.129. The normalized spacial score (nSPS) is 17.1. The fourth-order valence-electron chi connectivity index (χ4n) is 3.08. The first-order valence-corrected chi connectivity index (χ1v) is 8.10. The number of oxazole rings is 1. The molecule has 0 bridgehead atoms. The molecule has 0 spiro atoms. The molecule has 2 heterocycles. The van der Waals surface area contributed by atoms with Gasteiger partial charge < -0.3 is 14.1 Å². The minimum atomic E-state index is -0.463. The molecule has 1 fully saturated rings. The van der Waals surface area contributed by atoms with Crippen molar-refractivity contribution in [2.45, 2.75) is 6.42 Å². The fraction of sp³-hybridized carbons (Fsp3) is 0.211. The van der Waals surface area contributed by atoms with Crippen molar-refractivity contribution in [3.8, 4) is 11.5 Å². The summed E-state index contributed by atoms with van der Waals surface area (Å²) in [5.74, 6) is -0.948. The van der Waals surface area contributed by atoms with Crippen molar-refractivity contribution in [2.24, 2.45) is 5.92 Å². The van der Waals surface area contributed by atoms with Gasteiger partial charge in [-0.1, -0.05) is 0 Å². The van der Waals surface area contributed by atoms with Crippen LogP contribution in [0.15, 0.2) is 46.9 Å². The summed E-state index contributed by atoms with van der Waals surface area (Å²) in [4.78, 5) is 29.9. The summed E-state index contributed by atoms with van der Waals surface area (Å²) in [6.07, 6.45) is 0.129. The van der Waals surface area contributed by atoms with Crippen LogP contribution >= 0.6 is 0 Å². The van der Waals surface area contributed by atoms with E-state index in [2.05, 4.69) is 4.98 Å². The Bertz CT molecular complexity index is 996. The van der Waals surface area contributed by atoms with Crippen LogP contribution in [0.4, 0.5) is 10.1 Å². The van der Waals surface area contributed by atoms with Crippen LogP contribution < -0.4 is 4.90 Å². The zero-order valence-electron chi connectivity index (χ0n) is 13.9. The molecule has 132 valence electrons. The van der Waals surface area contributed by atoms with Gasteiger partial charge in [0, 0.05) is 24.2 Å². The molecule has 7 heteroatoms. The zero-order chi connectivity index (χ0) is 18.3. The third-order valence-electron chi connectivity index (χ3n) is 4.43. The fourth-order valence-corrected chi connectivity index (χ4v) is 3.08. The van der Waals surface area contributed by atoms with E-state index in [1.807, 2.05) is 0 Å². The summed E-state index contributed by atoms with van der Waals surface area (Å²) in [5.41, 5.74) is 2.44. The molecular weight excluding hydrogens is 339 g/mol. The van der Waals surface area contributed by atoms with E-state index < -0.39 is 5.92 Å². The maximum atomic E-state index is 13.1.